The molecular weight excluding hydrogens is 234 g/mol. The summed E-state index contributed by atoms with van der Waals surface area (Å²) in [5.41, 5.74) is 1.18. The first-order chi connectivity index (χ1) is 8.10. The van der Waals surface area contributed by atoms with Gasteiger partial charge >= 0.3 is 5.97 Å². The van der Waals surface area contributed by atoms with Gasteiger partial charge in [-0.25, -0.2) is 4.79 Å². The predicted molar refractivity (Wildman–Crippen MR) is 69.7 cm³/mol. The second kappa shape index (κ2) is 5.19. The number of nitrogens with zero attached hydrogens (tertiary/aromatic N) is 1. The summed E-state index contributed by atoms with van der Waals surface area (Å²) < 4.78 is 0. The van der Waals surface area contributed by atoms with Gasteiger partial charge in [0.1, 0.15) is 4.88 Å². The average Bonchev–Trinajstić information content (AvgIpc) is 2.87. The van der Waals surface area contributed by atoms with Gasteiger partial charge in [-0.1, -0.05) is 13.3 Å². The van der Waals surface area contributed by atoms with Crippen molar-refractivity contribution in [3.05, 3.63) is 21.4 Å². The summed E-state index contributed by atoms with van der Waals surface area (Å²) in [7, 11) is 0. The highest BCUT2D eigenvalue weighted by molar-refractivity contribution is 7.14. The second-order valence-electron chi connectivity index (χ2n) is 4.80. The molecule has 2 rings (SSSR count). The Kier molecular flexibility index (Phi) is 3.84. The molecule has 0 bridgehead atoms. The molecule has 1 saturated heterocycles. The molecule has 1 fully saturated rings. The molecule has 1 atom stereocenters. The number of aromatic carboxylic acids is 1. The second-order valence-corrected chi connectivity index (χ2v) is 6.05. The first-order valence-corrected chi connectivity index (χ1v) is 6.96. The highest BCUT2D eigenvalue weighted by atomic mass is 32.1. The van der Waals surface area contributed by atoms with Crippen LogP contribution in [0.5, 0.6) is 0 Å². The van der Waals surface area contributed by atoms with E-state index in [1.807, 2.05) is 13.0 Å². The van der Waals surface area contributed by atoms with Gasteiger partial charge in [-0.05, 0) is 37.4 Å². The maximum atomic E-state index is 10.9. The van der Waals surface area contributed by atoms with Crippen molar-refractivity contribution in [2.24, 2.45) is 5.92 Å². The Morgan fingerprint density at radius 3 is 2.94 bits per heavy atom. The molecule has 0 aliphatic carbocycles. The lowest BCUT2D eigenvalue weighted by Gasteiger charge is -2.15. The van der Waals surface area contributed by atoms with Crippen LogP contribution in [-0.4, -0.2) is 29.1 Å². The van der Waals surface area contributed by atoms with E-state index < -0.39 is 5.97 Å². The van der Waals surface area contributed by atoms with Crippen LogP contribution in [-0.2, 0) is 6.54 Å². The number of hydrogen-bond donors (Lipinski definition) is 1. The summed E-state index contributed by atoms with van der Waals surface area (Å²) in [5, 5.41) is 8.96. The topological polar surface area (TPSA) is 40.5 Å². The third kappa shape index (κ3) is 2.87. The molecule has 94 valence electrons. The molecule has 1 aliphatic heterocycles. The summed E-state index contributed by atoms with van der Waals surface area (Å²) in [5.74, 6) is 0.0186. The highest BCUT2D eigenvalue weighted by Gasteiger charge is 2.22. The van der Waals surface area contributed by atoms with Gasteiger partial charge in [0, 0.05) is 18.0 Å². The van der Waals surface area contributed by atoms with Crippen LogP contribution >= 0.6 is 11.3 Å². The van der Waals surface area contributed by atoms with Crippen molar-refractivity contribution < 1.29 is 9.90 Å². The fourth-order valence-corrected chi connectivity index (χ4v) is 3.29. The van der Waals surface area contributed by atoms with Crippen LogP contribution in [0, 0.1) is 12.8 Å². The molecule has 1 N–H and O–H groups in total. The quantitative estimate of drug-likeness (QED) is 0.896. The van der Waals surface area contributed by atoms with Gasteiger partial charge in [0.15, 0.2) is 0 Å². The Morgan fingerprint density at radius 2 is 2.41 bits per heavy atom. The molecule has 1 aromatic heterocycles. The Balaban J connectivity index is 2.01. The van der Waals surface area contributed by atoms with Crippen molar-refractivity contribution in [1.82, 2.24) is 4.90 Å². The molecule has 0 spiro atoms. The molecule has 3 nitrogen and oxygen atoms in total. The van der Waals surface area contributed by atoms with Crippen LogP contribution in [0.25, 0.3) is 0 Å². The van der Waals surface area contributed by atoms with Crippen molar-refractivity contribution in [1.29, 1.82) is 0 Å². The maximum Gasteiger partial charge on any atom is 0.345 e. The predicted octanol–water partition coefficient (Wildman–Crippen LogP) is 2.99. The van der Waals surface area contributed by atoms with Crippen LogP contribution in [0.3, 0.4) is 0 Å². The maximum absolute atomic E-state index is 10.9. The molecule has 0 saturated carbocycles. The lowest BCUT2D eigenvalue weighted by atomic mass is 10.1. The number of rotatable bonds is 4. The largest absolute Gasteiger partial charge is 0.477 e. The fourth-order valence-electron chi connectivity index (χ4n) is 2.41. The van der Waals surface area contributed by atoms with Crippen LogP contribution in [0.15, 0.2) is 6.07 Å². The number of carbonyl (C=O) groups is 1. The molecule has 0 amide bonds. The summed E-state index contributed by atoms with van der Waals surface area (Å²) in [6.45, 7) is 7.48. The van der Waals surface area contributed by atoms with Crippen LogP contribution < -0.4 is 0 Å². The molecule has 1 aromatic rings. The zero-order valence-electron chi connectivity index (χ0n) is 10.4. The molecular formula is C13H19NO2S. The monoisotopic (exact) mass is 253 g/mol. The normalized spacial score (nSPS) is 20.9. The minimum absolute atomic E-state index is 0.462. The van der Waals surface area contributed by atoms with E-state index in [4.69, 9.17) is 5.11 Å². The van der Waals surface area contributed by atoms with E-state index in [1.54, 1.807) is 0 Å². The first kappa shape index (κ1) is 12.6. The molecule has 0 radical (unpaired) electrons. The fraction of sp³-hybridized carbons (Fsp3) is 0.615. The van der Waals surface area contributed by atoms with Gasteiger partial charge in [0.05, 0.1) is 0 Å². The van der Waals surface area contributed by atoms with Gasteiger partial charge in [-0.2, -0.15) is 0 Å². The lowest BCUT2D eigenvalue weighted by Crippen LogP contribution is -2.20. The Morgan fingerprint density at radius 1 is 1.65 bits per heavy atom. The van der Waals surface area contributed by atoms with Gasteiger partial charge in [0.25, 0.3) is 0 Å². The molecule has 17 heavy (non-hydrogen) atoms. The number of carboxylic acid groups (broad SMARTS) is 1. The van der Waals surface area contributed by atoms with Crippen molar-refractivity contribution in [3.63, 3.8) is 0 Å². The highest BCUT2D eigenvalue weighted by Crippen LogP contribution is 2.26. The van der Waals surface area contributed by atoms with Crippen LogP contribution in [0.1, 0.15) is 39.9 Å². The van der Waals surface area contributed by atoms with Crippen molar-refractivity contribution >= 4 is 17.3 Å². The lowest BCUT2D eigenvalue weighted by molar-refractivity contribution is 0.0702. The number of aryl methyl sites for hydroxylation is 1. The minimum Gasteiger partial charge on any atom is -0.477 e. The van der Waals surface area contributed by atoms with Gasteiger partial charge in [-0.15, -0.1) is 11.3 Å². The number of likely N-dealkylation sites (tertiary alicyclic amines) is 1. The Labute approximate surface area is 106 Å². The molecule has 4 heteroatoms. The molecule has 0 aromatic carbocycles. The van der Waals surface area contributed by atoms with Crippen molar-refractivity contribution in [2.45, 2.75) is 33.2 Å². The van der Waals surface area contributed by atoms with E-state index in [0.717, 1.165) is 30.4 Å². The number of carboxylic acids is 1. The first-order valence-electron chi connectivity index (χ1n) is 6.15. The van der Waals surface area contributed by atoms with E-state index in [9.17, 15) is 4.79 Å². The SMILES string of the molecule is CCC1CCN(Cc2cc(C(=O)O)sc2C)C1. The van der Waals surface area contributed by atoms with Crippen LogP contribution in [0.2, 0.25) is 0 Å². The zero-order chi connectivity index (χ0) is 12.4. The number of thiophene rings is 1. The average molecular weight is 253 g/mol. The minimum atomic E-state index is -0.808. The van der Waals surface area contributed by atoms with Gasteiger partial charge in [0.2, 0.25) is 0 Å². The van der Waals surface area contributed by atoms with Crippen molar-refractivity contribution in [2.75, 3.05) is 13.1 Å². The molecule has 2 heterocycles. The third-order valence-electron chi connectivity index (χ3n) is 3.57. The van der Waals surface area contributed by atoms with E-state index in [1.165, 1.54) is 29.7 Å². The van der Waals surface area contributed by atoms with Gasteiger partial charge < -0.3 is 5.11 Å². The standard InChI is InChI=1S/C13H19NO2S/c1-3-10-4-5-14(7-10)8-11-6-12(13(15)16)17-9(11)2/h6,10H,3-5,7-8H2,1-2H3,(H,15,16). The molecule has 1 aliphatic rings. The molecule has 1 unspecified atom stereocenters. The summed E-state index contributed by atoms with van der Waals surface area (Å²) >= 11 is 1.39. The van der Waals surface area contributed by atoms with Crippen LogP contribution in [0.4, 0.5) is 0 Å². The zero-order valence-corrected chi connectivity index (χ0v) is 11.2. The smallest absolute Gasteiger partial charge is 0.345 e. The summed E-state index contributed by atoms with van der Waals surface area (Å²) in [6.07, 6.45) is 2.53. The van der Waals surface area contributed by atoms with Gasteiger partial charge in [-0.3, -0.25) is 4.90 Å². The van der Waals surface area contributed by atoms with E-state index in [2.05, 4.69) is 11.8 Å². The third-order valence-corrected chi connectivity index (χ3v) is 4.65. The summed E-state index contributed by atoms with van der Waals surface area (Å²) in [6, 6.07) is 1.83. The van der Waals surface area contributed by atoms with E-state index >= 15 is 0 Å². The van der Waals surface area contributed by atoms with E-state index in [0.29, 0.717) is 4.88 Å². The van der Waals surface area contributed by atoms with E-state index in [-0.39, 0.29) is 0 Å². The van der Waals surface area contributed by atoms with Crippen molar-refractivity contribution in [3.8, 4) is 0 Å². The number of hydrogen-bond acceptors (Lipinski definition) is 3. The Bertz CT molecular complexity index is 414. The Hall–Kier alpha value is -0.870. The summed E-state index contributed by atoms with van der Waals surface area (Å²) in [4.78, 5) is 14.9.